The molecule has 46 valence electrons. The van der Waals surface area contributed by atoms with Crippen molar-refractivity contribution in [3.63, 3.8) is 0 Å². The molecule has 0 spiro atoms. The largest absolute Gasteiger partial charge is 0.299 e. The highest BCUT2D eigenvalue weighted by molar-refractivity contribution is 5.83. The van der Waals surface area contributed by atoms with Gasteiger partial charge in [0.15, 0.2) is 0 Å². The summed E-state index contributed by atoms with van der Waals surface area (Å²) in [5.41, 5.74) is 4.28. The number of hydrazone groups is 1. The quantitative estimate of drug-likeness (QED) is 0.470. The predicted octanol–water partition coefficient (Wildman–Crippen LogP) is 0.830. The number of hydrogen-bond acceptors (Lipinski definition) is 2. The molecule has 1 unspecified atom stereocenters. The third-order valence-corrected chi connectivity index (χ3v) is 1.60. The number of allylic oxidation sites excluding steroid dienone is 2. The zero-order chi connectivity index (χ0) is 6.10. The van der Waals surface area contributed by atoms with E-state index in [2.05, 4.69) is 28.8 Å². The maximum Gasteiger partial charge on any atom is 0.0883 e. The lowest BCUT2D eigenvalue weighted by Gasteiger charge is -2.08. The fourth-order valence-corrected chi connectivity index (χ4v) is 1.10. The molecule has 1 N–H and O–H groups in total. The summed E-state index contributed by atoms with van der Waals surface area (Å²) in [7, 11) is 0. The Morgan fingerprint density at radius 1 is 1.67 bits per heavy atom. The molecule has 0 aromatic heterocycles. The van der Waals surface area contributed by atoms with E-state index in [-0.39, 0.29) is 0 Å². The molecule has 1 aliphatic carbocycles. The summed E-state index contributed by atoms with van der Waals surface area (Å²) in [4.78, 5) is 0. The van der Waals surface area contributed by atoms with Crippen LogP contribution >= 0.6 is 0 Å². The van der Waals surface area contributed by atoms with E-state index < -0.39 is 0 Å². The first-order valence-corrected chi connectivity index (χ1v) is 3.12. The van der Waals surface area contributed by atoms with Crippen molar-refractivity contribution in [1.29, 1.82) is 0 Å². The second kappa shape index (κ2) is 1.72. The fourth-order valence-electron chi connectivity index (χ4n) is 1.10. The van der Waals surface area contributed by atoms with Crippen LogP contribution in [0.15, 0.2) is 28.9 Å². The molecule has 1 atom stereocenters. The van der Waals surface area contributed by atoms with Gasteiger partial charge >= 0.3 is 0 Å². The molecule has 0 bridgehead atoms. The Bertz CT molecular complexity index is 201. The number of fused-ring (bicyclic) bond motifs is 1. The maximum atomic E-state index is 3.93. The lowest BCUT2D eigenvalue weighted by Crippen LogP contribution is -2.19. The van der Waals surface area contributed by atoms with Crippen LogP contribution in [0.5, 0.6) is 0 Å². The molecule has 0 saturated heterocycles. The molecule has 0 amide bonds. The molecule has 2 rings (SSSR count). The Kier molecular flexibility index (Phi) is 0.918. The van der Waals surface area contributed by atoms with Crippen LogP contribution < -0.4 is 5.43 Å². The minimum absolute atomic E-state index is 0.374. The zero-order valence-corrected chi connectivity index (χ0v) is 5.04. The first-order valence-electron chi connectivity index (χ1n) is 3.12. The van der Waals surface area contributed by atoms with E-state index >= 15 is 0 Å². The van der Waals surface area contributed by atoms with Crippen LogP contribution in [0.25, 0.3) is 0 Å². The predicted molar refractivity (Wildman–Crippen MR) is 37.3 cm³/mol. The zero-order valence-electron chi connectivity index (χ0n) is 5.04. The van der Waals surface area contributed by atoms with Crippen LogP contribution in [0, 0.1) is 0 Å². The summed E-state index contributed by atoms with van der Waals surface area (Å²) in [6.45, 7) is 0. The normalized spacial score (nSPS) is 29.3. The molecule has 0 fully saturated rings. The van der Waals surface area contributed by atoms with Crippen molar-refractivity contribution in [2.24, 2.45) is 5.10 Å². The molecule has 2 nitrogen and oxygen atoms in total. The SMILES string of the molecule is C1=CC2NN=CC2=CC1. The average Bonchev–Trinajstić information content (AvgIpc) is 2.33. The first kappa shape index (κ1) is 4.79. The minimum Gasteiger partial charge on any atom is -0.299 e. The number of nitrogens with one attached hydrogen (secondary N) is 1. The molecule has 9 heavy (non-hydrogen) atoms. The van der Waals surface area contributed by atoms with E-state index in [1.165, 1.54) is 5.57 Å². The van der Waals surface area contributed by atoms with Crippen LogP contribution in [0.1, 0.15) is 6.42 Å². The van der Waals surface area contributed by atoms with Crippen molar-refractivity contribution >= 4 is 6.21 Å². The summed E-state index contributed by atoms with van der Waals surface area (Å²) in [6, 6.07) is 0.374. The van der Waals surface area contributed by atoms with Crippen molar-refractivity contribution in [1.82, 2.24) is 5.43 Å². The topological polar surface area (TPSA) is 24.4 Å². The summed E-state index contributed by atoms with van der Waals surface area (Å²) >= 11 is 0. The van der Waals surface area contributed by atoms with E-state index in [9.17, 15) is 0 Å². The van der Waals surface area contributed by atoms with Crippen LogP contribution in [0.4, 0.5) is 0 Å². The highest BCUT2D eigenvalue weighted by atomic mass is 15.3. The first-order chi connectivity index (χ1) is 4.47. The van der Waals surface area contributed by atoms with Crippen molar-refractivity contribution in [3.05, 3.63) is 23.8 Å². The van der Waals surface area contributed by atoms with Gasteiger partial charge in [-0.05, 0) is 12.0 Å². The van der Waals surface area contributed by atoms with Gasteiger partial charge in [-0.25, -0.2) is 0 Å². The number of nitrogens with zero attached hydrogens (tertiary/aromatic N) is 1. The van der Waals surface area contributed by atoms with Crippen molar-refractivity contribution in [2.45, 2.75) is 12.5 Å². The van der Waals surface area contributed by atoms with Crippen LogP contribution in [0.3, 0.4) is 0 Å². The lowest BCUT2D eigenvalue weighted by molar-refractivity contribution is 0.737. The monoisotopic (exact) mass is 120 g/mol. The highest BCUT2D eigenvalue weighted by Gasteiger charge is 2.14. The second-order valence-corrected chi connectivity index (χ2v) is 2.23. The van der Waals surface area contributed by atoms with Gasteiger partial charge in [0, 0.05) is 0 Å². The molecular formula is C7H8N2. The van der Waals surface area contributed by atoms with E-state index in [1.54, 1.807) is 0 Å². The highest BCUT2D eigenvalue weighted by Crippen LogP contribution is 2.12. The molecule has 1 heterocycles. The summed E-state index contributed by atoms with van der Waals surface area (Å²) in [5, 5.41) is 3.93. The molecule has 0 aromatic carbocycles. The average molecular weight is 120 g/mol. The molecule has 0 saturated carbocycles. The Balaban J connectivity index is 2.29. The summed E-state index contributed by atoms with van der Waals surface area (Å²) in [6.07, 6.45) is 9.42. The number of rotatable bonds is 0. The van der Waals surface area contributed by atoms with Crippen LogP contribution in [0.2, 0.25) is 0 Å². The van der Waals surface area contributed by atoms with Crippen LogP contribution in [-0.4, -0.2) is 12.3 Å². The van der Waals surface area contributed by atoms with Gasteiger partial charge in [0.25, 0.3) is 0 Å². The molecule has 0 aromatic rings. The van der Waals surface area contributed by atoms with Gasteiger partial charge < -0.3 is 0 Å². The Morgan fingerprint density at radius 2 is 2.67 bits per heavy atom. The molecule has 2 heteroatoms. The van der Waals surface area contributed by atoms with E-state index in [0.29, 0.717) is 6.04 Å². The number of hydrogen-bond donors (Lipinski definition) is 1. The van der Waals surface area contributed by atoms with Gasteiger partial charge in [0.2, 0.25) is 0 Å². The Hall–Kier alpha value is -1.05. The van der Waals surface area contributed by atoms with Crippen LogP contribution in [-0.2, 0) is 0 Å². The summed E-state index contributed by atoms with van der Waals surface area (Å²) in [5.74, 6) is 0. The van der Waals surface area contributed by atoms with E-state index in [1.807, 2.05) is 6.21 Å². The standard InChI is InChI=1S/C7H8N2/c1-2-4-7-6(3-1)5-8-9-7/h2-5,7,9H,1H2. The summed E-state index contributed by atoms with van der Waals surface area (Å²) < 4.78 is 0. The molecule has 2 aliphatic rings. The van der Waals surface area contributed by atoms with Gasteiger partial charge in [0.05, 0.1) is 12.3 Å². The van der Waals surface area contributed by atoms with Gasteiger partial charge in [-0.3, -0.25) is 5.43 Å². The van der Waals surface area contributed by atoms with Gasteiger partial charge in [-0.15, -0.1) is 0 Å². The smallest absolute Gasteiger partial charge is 0.0883 e. The maximum absolute atomic E-state index is 3.93. The third-order valence-electron chi connectivity index (χ3n) is 1.60. The van der Waals surface area contributed by atoms with Gasteiger partial charge in [-0.2, -0.15) is 5.10 Å². The van der Waals surface area contributed by atoms with Crippen molar-refractivity contribution in [2.75, 3.05) is 0 Å². The van der Waals surface area contributed by atoms with Crippen molar-refractivity contribution < 1.29 is 0 Å². The van der Waals surface area contributed by atoms with Crippen molar-refractivity contribution in [3.8, 4) is 0 Å². The second-order valence-electron chi connectivity index (χ2n) is 2.23. The van der Waals surface area contributed by atoms with E-state index in [0.717, 1.165) is 6.42 Å². The Labute approximate surface area is 54.0 Å². The molecule has 1 aliphatic heterocycles. The lowest BCUT2D eigenvalue weighted by atomic mass is 10.0. The van der Waals surface area contributed by atoms with Gasteiger partial charge in [0.1, 0.15) is 0 Å². The fraction of sp³-hybridized carbons (Fsp3) is 0.286. The Morgan fingerprint density at radius 3 is 3.56 bits per heavy atom. The third kappa shape index (κ3) is 0.669. The minimum atomic E-state index is 0.374. The van der Waals surface area contributed by atoms with E-state index in [4.69, 9.17) is 0 Å². The molecular weight excluding hydrogens is 112 g/mol. The van der Waals surface area contributed by atoms with Gasteiger partial charge in [-0.1, -0.05) is 18.2 Å². The molecule has 0 radical (unpaired) electrons.